The molecule has 3 nitrogen and oxygen atoms in total. The third kappa shape index (κ3) is 2.69. The van der Waals surface area contributed by atoms with E-state index < -0.39 is 0 Å². The van der Waals surface area contributed by atoms with Gasteiger partial charge in [0.25, 0.3) is 0 Å². The van der Waals surface area contributed by atoms with Crippen LogP contribution in [-0.4, -0.2) is 25.1 Å². The van der Waals surface area contributed by atoms with Crippen LogP contribution in [0.25, 0.3) is 0 Å². The van der Waals surface area contributed by atoms with Gasteiger partial charge in [-0.25, -0.2) is 0 Å². The molecule has 0 N–H and O–H groups in total. The van der Waals surface area contributed by atoms with Gasteiger partial charge in [0, 0.05) is 14.7 Å². The van der Waals surface area contributed by atoms with E-state index >= 15 is 0 Å². The maximum absolute atomic E-state index is 11.5. The molecule has 1 aromatic carbocycles. The summed E-state index contributed by atoms with van der Waals surface area (Å²) in [5.74, 6) is 0.149. The van der Waals surface area contributed by atoms with E-state index in [0.29, 0.717) is 26.7 Å². The lowest BCUT2D eigenvalue weighted by atomic mass is 10.1. The van der Waals surface area contributed by atoms with Crippen LogP contribution in [0.5, 0.6) is 5.75 Å². The van der Waals surface area contributed by atoms with Crippen molar-refractivity contribution in [3.8, 4) is 5.75 Å². The zero-order valence-corrected chi connectivity index (χ0v) is 10.8. The van der Waals surface area contributed by atoms with Crippen molar-refractivity contribution < 1.29 is 14.3 Å². The number of ether oxygens (including phenoxy) is 1. The standard InChI is InChI=1S/C10H8ClIO3/c1-15-7-2-6(5-13)10(12)8(3-7)9(14)4-11/h2-3,5H,4H2,1H3. The van der Waals surface area contributed by atoms with Crippen LogP contribution in [0.4, 0.5) is 0 Å². The minimum absolute atomic E-state index is 0.110. The van der Waals surface area contributed by atoms with Crippen molar-refractivity contribution in [3.63, 3.8) is 0 Å². The van der Waals surface area contributed by atoms with Crippen LogP contribution in [0.2, 0.25) is 0 Å². The molecule has 0 aliphatic carbocycles. The molecule has 0 aliphatic rings. The zero-order valence-electron chi connectivity index (χ0n) is 7.92. The van der Waals surface area contributed by atoms with E-state index in [2.05, 4.69) is 0 Å². The Hall–Kier alpha value is -0.620. The quantitative estimate of drug-likeness (QED) is 0.367. The molecule has 0 heterocycles. The molecule has 0 aromatic heterocycles. The predicted octanol–water partition coefficient (Wildman–Crippen LogP) is 2.53. The van der Waals surface area contributed by atoms with Crippen molar-refractivity contribution in [2.45, 2.75) is 0 Å². The van der Waals surface area contributed by atoms with E-state index in [4.69, 9.17) is 16.3 Å². The topological polar surface area (TPSA) is 43.4 Å². The monoisotopic (exact) mass is 338 g/mol. The second kappa shape index (κ2) is 5.46. The van der Waals surface area contributed by atoms with Crippen LogP contribution in [0, 0.1) is 3.57 Å². The molecule has 1 rings (SSSR count). The Morgan fingerprint density at radius 1 is 1.60 bits per heavy atom. The van der Waals surface area contributed by atoms with Crippen LogP contribution in [0.3, 0.4) is 0 Å². The number of hydrogen-bond acceptors (Lipinski definition) is 3. The summed E-state index contributed by atoms with van der Waals surface area (Å²) >= 11 is 7.41. The first-order chi connectivity index (χ1) is 7.13. The van der Waals surface area contributed by atoms with Crippen LogP contribution in [0.1, 0.15) is 20.7 Å². The molecule has 0 unspecified atom stereocenters. The van der Waals surface area contributed by atoms with Gasteiger partial charge in [-0.3, -0.25) is 9.59 Å². The summed E-state index contributed by atoms with van der Waals surface area (Å²) in [5, 5.41) is 0. The summed E-state index contributed by atoms with van der Waals surface area (Å²) in [6.07, 6.45) is 0.690. The third-order valence-electron chi connectivity index (χ3n) is 1.86. The highest BCUT2D eigenvalue weighted by molar-refractivity contribution is 14.1. The number of halogens is 2. The summed E-state index contributed by atoms with van der Waals surface area (Å²) in [4.78, 5) is 22.2. The van der Waals surface area contributed by atoms with Crippen molar-refractivity contribution in [1.29, 1.82) is 0 Å². The number of Topliss-reactive ketones (excluding diaryl/α,β-unsaturated/α-hetero) is 1. The first-order valence-electron chi connectivity index (χ1n) is 4.06. The average molecular weight is 339 g/mol. The second-order valence-corrected chi connectivity index (χ2v) is 4.10. The Balaban J connectivity index is 3.36. The summed E-state index contributed by atoms with van der Waals surface area (Å²) in [6, 6.07) is 3.17. The summed E-state index contributed by atoms with van der Waals surface area (Å²) in [6.45, 7) is 0. The maximum atomic E-state index is 11.5. The number of ketones is 1. The molecule has 0 spiro atoms. The van der Waals surface area contributed by atoms with Gasteiger partial charge in [-0.1, -0.05) is 0 Å². The summed E-state index contributed by atoms with van der Waals surface area (Å²) in [7, 11) is 1.48. The number of alkyl halides is 1. The van der Waals surface area contributed by atoms with Gasteiger partial charge in [0.1, 0.15) is 5.75 Å². The van der Waals surface area contributed by atoms with Gasteiger partial charge < -0.3 is 4.74 Å². The van der Waals surface area contributed by atoms with Gasteiger partial charge in [-0.05, 0) is 34.7 Å². The molecule has 1 aromatic rings. The predicted molar refractivity (Wildman–Crippen MR) is 66.1 cm³/mol. The van der Waals surface area contributed by atoms with Crippen LogP contribution < -0.4 is 4.74 Å². The van der Waals surface area contributed by atoms with E-state index in [-0.39, 0.29) is 11.7 Å². The minimum atomic E-state index is -0.219. The van der Waals surface area contributed by atoms with Crippen LogP contribution in [0.15, 0.2) is 12.1 Å². The number of aldehydes is 1. The van der Waals surface area contributed by atoms with Gasteiger partial charge in [-0.2, -0.15) is 0 Å². The molecule has 0 saturated heterocycles. The highest BCUT2D eigenvalue weighted by Gasteiger charge is 2.14. The van der Waals surface area contributed by atoms with Crippen molar-refractivity contribution >= 4 is 46.3 Å². The fourth-order valence-corrected chi connectivity index (χ4v) is 1.98. The lowest BCUT2D eigenvalue weighted by molar-refractivity contribution is 0.102. The molecule has 0 fully saturated rings. The van der Waals surface area contributed by atoms with Gasteiger partial charge in [0.15, 0.2) is 12.1 Å². The largest absolute Gasteiger partial charge is 0.497 e. The second-order valence-electron chi connectivity index (χ2n) is 2.75. The van der Waals surface area contributed by atoms with Gasteiger partial charge in [-0.15, -0.1) is 11.6 Å². The number of methoxy groups -OCH3 is 1. The Morgan fingerprint density at radius 3 is 2.73 bits per heavy atom. The molecular weight excluding hydrogens is 330 g/mol. The molecule has 80 valence electrons. The molecule has 0 bridgehead atoms. The van der Waals surface area contributed by atoms with Crippen molar-refractivity contribution in [2.75, 3.05) is 13.0 Å². The molecule has 5 heteroatoms. The van der Waals surface area contributed by atoms with E-state index in [1.165, 1.54) is 7.11 Å². The normalized spacial score (nSPS) is 9.80. The van der Waals surface area contributed by atoms with E-state index in [0.717, 1.165) is 0 Å². The van der Waals surface area contributed by atoms with Gasteiger partial charge >= 0.3 is 0 Å². The van der Waals surface area contributed by atoms with Crippen molar-refractivity contribution in [3.05, 3.63) is 26.8 Å². The molecule has 0 saturated carbocycles. The SMILES string of the molecule is COc1cc(C=O)c(I)c(C(=O)CCl)c1. The fourth-order valence-electron chi connectivity index (χ4n) is 1.10. The maximum Gasteiger partial charge on any atom is 0.178 e. The zero-order chi connectivity index (χ0) is 11.4. The Bertz CT molecular complexity index is 404. The average Bonchev–Trinajstić information content (AvgIpc) is 2.28. The Labute approximate surface area is 106 Å². The smallest absolute Gasteiger partial charge is 0.178 e. The van der Waals surface area contributed by atoms with E-state index in [1.54, 1.807) is 12.1 Å². The number of rotatable bonds is 4. The lowest BCUT2D eigenvalue weighted by Gasteiger charge is -2.07. The van der Waals surface area contributed by atoms with Crippen molar-refractivity contribution in [1.82, 2.24) is 0 Å². The van der Waals surface area contributed by atoms with E-state index in [9.17, 15) is 9.59 Å². The summed E-state index contributed by atoms with van der Waals surface area (Å²) < 4.78 is 5.60. The first kappa shape index (κ1) is 12.4. The molecule has 0 aliphatic heterocycles. The van der Waals surface area contributed by atoms with Crippen LogP contribution in [-0.2, 0) is 0 Å². The Kier molecular flexibility index (Phi) is 4.53. The fraction of sp³-hybridized carbons (Fsp3) is 0.200. The molecule has 0 atom stereocenters. The number of carbonyl (C=O) groups is 2. The van der Waals surface area contributed by atoms with E-state index in [1.807, 2.05) is 22.6 Å². The molecule has 15 heavy (non-hydrogen) atoms. The highest BCUT2D eigenvalue weighted by Crippen LogP contribution is 2.24. The van der Waals surface area contributed by atoms with Crippen LogP contribution >= 0.6 is 34.2 Å². The van der Waals surface area contributed by atoms with Gasteiger partial charge in [0.05, 0.1) is 13.0 Å². The number of benzene rings is 1. The first-order valence-corrected chi connectivity index (χ1v) is 5.67. The van der Waals surface area contributed by atoms with Gasteiger partial charge in [0.2, 0.25) is 0 Å². The highest BCUT2D eigenvalue weighted by atomic mass is 127. The molecule has 0 radical (unpaired) electrons. The molecular formula is C10H8ClIO3. The lowest BCUT2D eigenvalue weighted by Crippen LogP contribution is -2.06. The summed E-state index contributed by atoms with van der Waals surface area (Å²) in [5.41, 5.74) is 0.857. The third-order valence-corrected chi connectivity index (χ3v) is 3.31. The van der Waals surface area contributed by atoms with Crippen molar-refractivity contribution in [2.24, 2.45) is 0 Å². The Morgan fingerprint density at radius 2 is 2.27 bits per heavy atom. The molecule has 0 amide bonds. The number of carbonyl (C=O) groups excluding carboxylic acids is 2. The number of hydrogen-bond donors (Lipinski definition) is 0. The minimum Gasteiger partial charge on any atom is -0.497 e.